The number of aryl methyl sites for hydroxylation is 1. The van der Waals surface area contributed by atoms with E-state index in [4.69, 9.17) is 0 Å². The Bertz CT molecular complexity index is 969. The zero-order valence-corrected chi connectivity index (χ0v) is 18.7. The molecular formula is C23H26N4OS2. The van der Waals surface area contributed by atoms with Crippen LogP contribution in [-0.4, -0.2) is 38.7 Å². The van der Waals surface area contributed by atoms with E-state index in [0.29, 0.717) is 18.2 Å². The predicted octanol–water partition coefficient (Wildman–Crippen LogP) is 4.51. The number of rotatable bonds is 10. The summed E-state index contributed by atoms with van der Waals surface area (Å²) in [6, 6.07) is 18.8. The molecule has 1 N–H and O–H groups in total. The van der Waals surface area contributed by atoms with Gasteiger partial charge in [0.05, 0.1) is 12.3 Å². The Morgan fingerprint density at radius 3 is 2.57 bits per heavy atom. The van der Waals surface area contributed by atoms with Crippen LogP contribution in [0.1, 0.15) is 35.7 Å². The maximum Gasteiger partial charge on any atom is 0.230 e. The Kier molecular flexibility index (Phi) is 7.12. The van der Waals surface area contributed by atoms with Crippen LogP contribution >= 0.6 is 23.5 Å². The fourth-order valence-corrected chi connectivity index (χ4v) is 4.68. The topological polar surface area (TPSA) is 59.8 Å². The first kappa shape index (κ1) is 21.0. The van der Waals surface area contributed by atoms with E-state index in [9.17, 15) is 4.79 Å². The normalized spacial score (nSPS) is 13.4. The van der Waals surface area contributed by atoms with Crippen LogP contribution < -0.4 is 5.32 Å². The number of thioether (sulfide) groups is 2. The molecule has 30 heavy (non-hydrogen) atoms. The first-order valence-corrected chi connectivity index (χ1v) is 12.2. The monoisotopic (exact) mass is 438 g/mol. The average Bonchev–Trinajstić information content (AvgIpc) is 3.53. The van der Waals surface area contributed by atoms with E-state index >= 15 is 0 Å². The third kappa shape index (κ3) is 5.89. The highest BCUT2D eigenvalue weighted by atomic mass is 32.2. The minimum Gasteiger partial charge on any atom is -0.355 e. The van der Waals surface area contributed by atoms with Crippen molar-refractivity contribution in [2.45, 2.75) is 42.3 Å². The molecule has 0 unspecified atom stereocenters. The van der Waals surface area contributed by atoms with Crippen molar-refractivity contribution in [3.8, 4) is 0 Å². The first-order valence-electron chi connectivity index (χ1n) is 10.2. The summed E-state index contributed by atoms with van der Waals surface area (Å²) in [6.07, 6.45) is 2.35. The Morgan fingerprint density at radius 1 is 1.07 bits per heavy atom. The SMILES string of the molecule is Cc1ccc(SCCNC(=O)CSc2nnc(C3CC3)n2Cc2ccccc2)cc1. The first-order chi connectivity index (χ1) is 14.7. The van der Waals surface area contributed by atoms with Crippen molar-refractivity contribution in [3.05, 3.63) is 71.5 Å². The van der Waals surface area contributed by atoms with Crippen LogP contribution in [0.2, 0.25) is 0 Å². The van der Waals surface area contributed by atoms with E-state index in [2.05, 4.69) is 63.4 Å². The van der Waals surface area contributed by atoms with Crippen LogP contribution in [0.25, 0.3) is 0 Å². The highest BCUT2D eigenvalue weighted by Crippen LogP contribution is 2.40. The summed E-state index contributed by atoms with van der Waals surface area (Å²) < 4.78 is 2.18. The number of nitrogens with one attached hydrogen (secondary N) is 1. The molecule has 1 aromatic heterocycles. The molecule has 1 fully saturated rings. The van der Waals surface area contributed by atoms with E-state index in [1.54, 1.807) is 11.8 Å². The van der Waals surface area contributed by atoms with Crippen LogP contribution in [0.5, 0.6) is 0 Å². The van der Waals surface area contributed by atoms with Gasteiger partial charge in [0.1, 0.15) is 5.82 Å². The van der Waals surface area contributed by atoms with Gasteiger partial charge in [-0.15, -0.1) is 22.0 Å². The molecule has 7 heteroatoms. The number of aromatic nitrogens is 3. The van der Waals surface area contributed by atoms with Crippen molar-refractivity contribution in [2.24, 2.45) is 0 Å². The van der Waals surface area contributed by atoms with Gasteiger partial charge in [0.15, 0.2) is 5.16 Å². The lowest BCUT2D eigenvalue weighted by Crippen LogP contribution is -2.27. The molecule has 0 spiro atoms. The van der Waals surface area contributed by atoms with Crippen molar-refractivity contribution in [1.82, 2.24) is 20.1 Å². The Labute approximate surface area is 186 Å². The van der Waals surface area contributed by atoms with Crippen LogP contribution in [0, 0.1) is 6.92 Å². The molecule has 1 saturated carbocycles. The highest BCUT2D eigenvalue weighted by molar-refractivity contribution is 7.99. The number of carbonyl (C=O) groups excluding carboxylic acids is 1. The molecule has 156 valence electrons. The molecule has 0 atom stereocenters. The van der Waals surface area contributed by atoms with E-state index in [-0.39, 0.29) is 5.91 Å². The van der Waals surface area contributed by atoms with Gasteiger partial charge in [-0.25, -0.2) is 0 Å². The van der Waals surface area contributed by atoms with Crippen LogP contribution in [0.4, 0.5) is 0 Å². The lowest BCUT2D eigenvalue weighted by Gasteiger charge is -2.10. The van der Waals surface area contributed by atoms with E-state index in [0.717, 1.165) is 23.3 Å². The summed E-state index contributed by atoms with van der Waals surface area (Å²) in [5.41, 5.74) is 2.48. The lowest BCUT2D eigenvalue weighted by molar-refractivity contribution is -0.118. The Balaban J connectivity index is 1.26. The maximum atomic E-state index is 12.3. The summed E-state index contributed by atoms with van der Waals surface area (Å²) in [5.74, 6) is 2.81. The van der Waals surface area contributed by atoms with Gasteiger partial charge in [-0.05, 0) is 37.5 Å². The Morgan fingerprint density at radius 2 is 1.83 bits per heavy atom. The summed E-state index contributed by atoms with van der Waals surface area (Å²) in [4.78, 5) is 13.5. The summed E-state index contributed by atoms with van der Waals surface area (Å²) in [7, 11) is 0. The second-order valence-electron chi connectivity index (χ2n) is 7.49. The highest BCUT2D eigenvalue weighted by Gasteiger charge is 2.30. The van der Waals surface area contributed by atoms with Crippen LogP contribution in [0.3, 0.4) is 0 Å². The van der Waals surface area contributed by atoms with E-state index in [1.807, 2.05) is 18.2 Å². The molecule has 5 nitrogen and oxygen atoms in total. The van der Waals surface area contributed by atoms with Crippen molar-refractivity contribution in [3.63, 3.8) is 0 Å². The molecule has 2 aromatic carbocycles. The molecular weight excluding hydrogens is 412 g/mol. The van der Waals surface area contributed by atoms with Crippen LogP contribution in [-0.2, 0) is 11.3 Å². The number of carbonyl (C=O) groups is 1. The number of hydrogen-bond donors (Lipinski definition) is 1. The number of benzene rings is 2. The van der Waals surface area contributed by atoms with Crippen molar-refractivity contribution >= 4 is 29.4 Å². The number of nitrogens with zero attached hydrogens (tertiary/aromatic N) is 3. The molecule has 0 aliphatic heterocycles. The van der Waals surface area contributed by atoms with Gasteiger partial charge in [0.2, 0.25) is 5.91 Å². The maximum absolute atomic E-state index is 12.3. The quantitative estimate of drug-likeness (QED) is 0.373. The lowest BCUT2D eigenvalue weighted by atomic mass is 10.2. The van der Waals surface area contributed by atoms with Crippen molar-refractivity contribution < 1.29 is 4.79 Å². The average molecular weight is 439 g/mol. The molecule has 3 aromatic rings. The van der Waals surface area contributed by atoms with Crippen molar-refractivity contribution in [2.75, 3.05) is 18.1 Å². The van der Waals surface area contributed by atoms with Gasteiger partial charge < -0.3 is 9.88 Å². The zero-order valence-electron chi connectivity index (χ0n) is 17.1. The number of hydrogen-bond acceptors (Lipinski definition) is 5. The van der Waals surface area contributed by atoms with Gasteiger partial charge in [0, 0.05) is 23.1 Å². The summed E-state index contributed by atoms with van der Waals surface area (Å²) in [6.45, 7) is 3.49. The van der Waals surface area contributed by atoms with Gasteiger partial charge in [-0.2, -0.15) is 0 Å². The molecule has 0 saturated heterocycles. The standard InChI is InChI=1S/C23H26N4OS2/c1-17-7-11-20(12-8-17)29-14-13-24-21(28)16-30-23-26-25-22(19-9-10-19)27(23)15-18-5-3-2-4-6-18/h2-8,11-12,19H,9-10,13-16H2,1H3,(H,24,28). The summed E-state index contributed by atoms with van der Waals surface area (Å²) >= 11 is 3.22. The fraction of sp³-hybridized carbons (Fsp3) is 0.348. The summed E-state index contributed by atoms with van der Waals surface area (Å²) in [5, 5.41) is 12.6. The smallest absolute Gasteiger partial charge is 0.230 e. The predicted molar refractivity (Wildman–Crippen MR) is 123 cm³/mol. The second-order valence-corrected chi connectivity index (χ2v) is 9.60. The Hall–Kier alpha value is -2.25. The third-order valence-electron chi connectivity index (χ3n) is 4.92. The second kappa shape index (κ2) is 10.2. The largest absolute Gasteiger partial charge is 0.355 e. The molecule has 1 aliphatic rings. The van der Waals surface area contributed by atoms with Gasteiger partial charge in [-0.1, -0.05) is 59.8 Å². The van der Waals surface area contributed by atoms with Gasteiger partial charge in [0.25, 0.3) is 0 Å². The van der Waals surface area contributed by atoms with E-state index in [1.165, 1.54) is 40.6 Å². The van der Waals surface area contributed by atoms with E-state index < -0.39 is 0 Å². The molecule has 0 bridgehead atoms. The molecule has 4 rings (SSSR count). The van der Waals surface area contributed by atoms with Gasteiger partial charge >= 0.3 is 0 Å². The third-order valence-corrected chi connectivity index (χ3v) is 6.90. The van der Waals surface area contributed by atoms with Crippen LogP contribution in [0.15, 0.2) is 64.6 Å². The molecule has 1 amide bonds. The zero-order chi connectivity index (χ0) is 20.8. The molecule has 0 radical (unpaired) electrons. The minimum absolute atomic E-state index is 0.0340. The minimum atomic E-state index is 0.0340. The fourth-order valence-electron chi connectivity index (χ4n) is 3.14. The number of amides is 1. The van der Waals surface area contributed by atoms with Gasteiger partial charge in [-0.3, -0.25) is 4.79 Å². The molecule has 1 aliphatic carbocycles. The molecule has 1 heterocycles. The van der Waals surface area contributed by atoms with Crippen molar-refractivity contribution in [1.29, 1.82) is 0 Å².